The highest BCUT2D eigenvalue weighted by Gasteiger charge is 2.21. The average molecular weight is 323 g/mol. The highest BCUT2D eigenvalue weighted by atomic mass is 32.1. The third-order valence-corrected chi connectivity index (χ3v) is 5.24. The molecule has 0 saturated carbocycles. The van der Waals surface area contributed by atoms with E-state index in [1.165, 1.54) is 10.4 Å². The fourth-order valence-corrected chi connectivity index (χ4v) is 3.83. The van der Waals surface area contributed by atoms with Crippen LogP contribution in [0.4, 0.5) is 0 Å². The second kappa shape index (κ2) is 6.01. The van der Waals surface area contributed by atoms with E-state index in [0.29, 0.717) is 6.42 Å². The van der Waals surface area contributed by atoms with Crippen LogP contribution in [0, 0.1) is 0 Å². The molecule has 1 amide bonds. The van der Waals surface area contributed by atoms with Crippen molar-refractivity contribution in [2.24, 2.45) is 0 Å². The van der Waals surface area contributed by atoms with Gasteiger partial charge in [0.2, 0.25) is 5.91 Å². The lowest BCUT2D eigenvalue weighted by molar-refractivity contribution is -0.131. The van der Waals surface area contributed by atoms with Crippen molar-refractivity contribution in [3.05, 3.63) is 70.2 Å². The summed E-state index contributed by atoms with van der Waals surface area (Å²) < 4.78 is 1.81. The van der Waals surface area contributed by atoms with Gasteiger partial charge in [-0.3, -0.25) is 4.79 Å². The summed E-state index contributed by atoms with van der Waals surface area (Å²) in [6.07, 6.45) is 5.11. The quantitative estimate of drug-likeness (QED) is 0.743. The number of carbonyl (C=O) groups excluding carboxylic acids is 1. The second-order valence-corrected chi connectivity index (χ2v) is 6.73. The van der Waals surface area contributed by atoms with Gasteiger partial charge in [0.05, 0.1) is 12.1 Å². The number of hydrogen-bond donors (Lipinski definition) is 0. The molecule has 3 heterocycles. The number of rotatable bonds is 3. The first kappa shape index (κ1) is 14.2. The molecular formula is C18H17N3OS. The molecule has 3 aromatic rings. The zero-order valence-electron chi connectivity index (χ0n) is 12.7. The van der Waals surface area contributed by atoms with E-state index in [9.17, 15) is 4.79 Å². The van der Waals surface area contributed by atoms with Gasteiger partial charge in [0.15, 0.2) is 0 Å². The van der Waals surface area contributed by atoms with Crippen LogP contribution in [-0.2, 0) is 24.2 Å². The van der Waals surface area contributed by atoms with E-state index in [1.807, 2.05) is 46.1 Å². The van der Waals surface area contributed by atoms with E-state index in [-0.39, 0.29) is 5.91 Å². The molecule has 4 rings (SSSR count). The van der Waals surface area contributed by atoms with Crippen LogP contribution >= 0.6 is 11.3 Å². The van der Waals surface area contributed by atoms with Crippen molar-refractivity contribution in [1.82, 2.24) is 14.7 Å². The summed E-state index contributed by atoms with van der Waals surface area (Å²) in [6.45, 7) is 1.58. The Hall–Kier alpha value is -2.40. The minimum atomic E-state index is 0.202. The predicted molar refractivity (Wildman–Crippen MR) is 90.7 cm³/mol. The molecule has 23 heavy (non-hydrogen) atoms. The summed E-state index contributed by atoms with van der Waals surface area (Å²) in [5.41, 5.74) is 3.36. The number of aromatic nitrogens is 2. The molecule has 0 unspecified atom stereocenters. The Kier molecular flexibility index (Phi) is 3.71. The maximum absolute atomic E-state index is 12.5. The Balaban J connectivity index is 1.43. The third-order valence-electron chi connectivity index (χ3n) is 4.22. The smallest absolute Gasteiger partial charge is 0.227 e. The molecule has 0 atom stereocenters. The number of hydrogen-bond acceptors (Lipinski definition) is 3. The van der Waals surface area contributed by atoms with Gasteiger partial charge in [-0.25, -0.2) is 4.68 Å². The van der Waals surface area contributed by atoms with Crippen molar-refractivity contribution in [3.63, 3.8) is 0 Å². The van der Waals surface area contributed by atoms with Crippen LogP contribution in [-0.4, -0.2) is 27.1 Å². The lowest BCUT2D eigenvalue weighted by atomic mass is 10.1. The SMILES string of the molecule is O=C(Cc1ccc(-n2cccn2)cc1)N1CCc2sccc2C1. The minimum absolute atomic E-state index is 0.202. The summed E-state index contributed by atoms with van der Waals surface area (Å²) in [4.78, 5) is 15.9. The van der Waals surface area contributed by atoms with Gasteiger partial charge in [-0.1, -0.05) is 12.1 Å². The molecule has 0 N–H and O–H groups in total. The second-order valence-electron chi connectivity index (χ2n) is 5.73. The summed E-state index contributed by atoms with van der Waals surface area (Å²) in [7, 11) is 0. The van der Waals surface area contributed by atoms with Gasteiger partial charge in [-0.2, -0.15) is 5.10 Å². The van der Waals surface area contributed by atoms with Gasteiger partial charge in [0.1, 0.15) is 0 Å². The molecule has 5 heteroatoms. The summed E-state index contributed by atoms with van der Waals surface area (Å²) in [5, 5.41) is 6.33. The van der Waals surface area contributed by atoms with Gasteiger partial charge >= 0.3 is 0 Å². The number of carbonyl (C=O) groups is 1. The van der Waals surface area contributed by atoms with Crippen molar-refractivity contribution in [1.29, 1.82) is 0 Å². The van der Waals surface area contributed by atoms with E-state index in [1.54, 1.807) is 17.5 Å². The minimum Gasteiger partial charge on any atom is -0.338 e. The van der Waals surface area contributed by atoms with Crippen LogP contribution in [0.5, 0.6) is 0 Å². The standard InChI is InChI=1S/C18H17N3OS/c22-18(20-10-6-17-15(13-20)7-11-23-17)12-14-2-4-16(5-3-14)21-9-1-8-19-21/h1-5,7-9,11H,6,10,12-13H2. The van der Waals surface area contributed by atoms with E-state index in [2.05, 4.69) is 16.5 Å². The van der Waals surface area contributed by atoms with Crippen LogP contribution in [0.2, 0.25) is 0 Å². The molecule has 116 valence electrons. The van der Waals surface area contributed by atoms with Crippen molar-refractivity contribution in [2.45, 2.75) is 19.4 Å². The third kappa shape index (κ3) is 2.92. The first-order valence-corrected chi connectivity index (χ1v) is 8.59. The zero-order chi connectivity index (χ0) is 15.6. The van der Waals surface area contributed by atoms with E-state index in [0.717, 1.165) is 30.8 Å². The topological polar surface area (TPSA) is 38.1 Å². The predicted octanol–water partition coefficient (Wildman–Crippen LogP) is 3.06. The van der Waals surface area contributed by atoms with Crippen LogP contribution < -0.4 is 0 Å². The number of benzene rings is 1. The van der Waals surface area contributed by atoms with Crippen molar-refractivity contribution in [2.75, 3.05) is 6.54 Å². The fourth-order valence-electron chi connectivity index (χ4n) is 2.94. The maximum Gasteiger partial charge on any atom is 0.227 e. The van der Waals surface area contributed by atoms with Gasteiger partial charge in [0.25, 0.3) is 0 Å². The maximum atomic E-state index is 12.5. The number of thiophene rings is 1. The van der Waals surface area contributed by atoms with Crippen molar-refractivity contribution >= 4 is 17.2 Å². The van der Waals surface area contributed by atoms with Crippen LogP contribution in [0.3, 0.4) is 0 Å². The summed E-state index contributed by atoms with van der Waals surface area (Å²) in [6, 6.07) is 12.1. The molecular weight excluding hydrogens is 306 g/mol. The van der Waals surface area contributed by atoms with E-state index in [4.69, 9.17) is 0 Å². The summed E-state index contributed by atoms with van der Waals surface area (Å²) in [5.74, 6) is 0.202. The number of nitrogens with zero attached hydrogens (tertiary/aromatic N) is 3. The molecule has 0 fully saturated rings. The highest BCUT2D eigenvalue weighted by Crippen LogP contribution is 2.24. The Morgan fingerprint density at radius 3 is 2.87 bits per heavy atom. The lowest BCUT2D eigenvalue weighted by Gasteiger charge is -2.27. The van der Waals surface area contributed by atoms with Crippen LogP contribution in [0.25, 0.3) is 5.69 Å². The van der Waals surface area contributed by atoms with Crippen molar-refractivity contribution < 1.29 is 4.79 Å². The number of amides is 1. The normalized spacial score (nSPS) is 13.8. The Morgan fingerprint density at radius 2 is 2.09 bits per heavy atom. The van der Waals surface area contributed by atoms with Crippen molar-refractivity contribution in [3.8, 4) is 5.69 Å². The molecule has 0 bridgehead atoms. The molecule has 0 saturated heterocycles. The Morgan fingerprint density at radius 1 is 1.22 bits per heavy atom. The lowest BCUT2D eigenvalue weighted by Crippen LogP contribution is -2.36. The van der Waals surface area contributed by atoms with Gasteiger partial charge in [0, 0.05) is 30.4 Å². The van der Waals surface area contributed by atoms with Crippen LogP contribution in [0.15, 0.2) is 54.2 Å². The highest BCUT2D eigenvalue weighted by molar-refractivity contribution is 7.10. The molecule has 0 aliphatic carbocycles. The fraction of sp³-hybridized carbons (Fsp3) is 0.222. The van der Waals surface area contributed by atoms with Gasteiger partial charge in [-0.05, 0) is 47.2 Å². The first-order valence-electron chi connectivity index (χ1n) is 7.71. The largest absolute Gasteiger partial charge is 0.338 e. The molecule has 1 aliphatic heterocycles. The van der Waals surface area contributed by atoms with E-state index < -0.39 is 0 Å². The summed E-state index contributed by atoms with van der Waals surface area (Å²) >= 11 is 1.80. The first-order chi connectivity index (χ1) is 11.3. The molecule has 0 spiro atoms. The Bertz CT molecular complexity index is 805. The molecule has 4 nitrogen and oxygen atoms in total. The molecule has 2 aromatic heterocycles. The number of fused-ring (bicyclic) bond motifs is 1. The monoisotopic (exact) mass is 323 g/mol. The zero-order valence-corrected chi connectivity index (χ0v) is 13.5. The average Bonchev–Trinajstić information content (AvgIpc) is 3.26. The van der Waals surface area contributed by atoms with Gasteiger partial charge < -0.3 is 4.90 Å². The molecule has 0 radical (unpaired) electrons. The molecule has 1 aliphatic rings. The van der Waals surface area contributed by atoms with E-state index >= 15 is 0 Å². The molecule has 1 aromatic carbocycles. The van der Waals surface area contributed by atoms with Gasteiger partial charge in [-0.15, -0.1) is 11.3 Å². The van der Waals surface area contributed by atoms with Crippen LogP contribution in [0.1, 0.15) is 16.0 Å². The Labute approximate surface area is 139 Å².